The first-order chi connectivity index (χ1) is 14.0. The van der Waals surface area contributed by atoms with Crippen LogP contribution >= 0.6 is 11.3 Å². The molecule has 0 atom stereocenters. The van der Waals surface area contributed by atoms with Crippen LogP contribution in [0.3, 0.4) is 0 Å². The second kappa shape index (κ2) is 9.34. The molecule has 0 fully saturated rings. The first-order valence-corrected chi connectivity index (χ1v) is 10.0. The lowest BCUT2D eigenvalue weighted by molar-refractivity contribution is -0.118. The molecule has 0 radical (unpaired) electrons. The van der Waals surface area contributed by atoms with Gasteiger partial charge < -0.3 is 14.8 Å². The van der Waals surface area contributed by atoms with Crippen molar-refractivity contribution in [2.45, 2.75) is 20.8 Å². The average Bonchev–Trinajstić information content (AvgIpc) is 3.10. The van der Waals surface area contributed by atoms with Crippen LogP contribution in [0.4, 0.5) is 5.69 Å². The molecule has 0 unspecified atom stereocenters. The van der Waals surface area contributed by atoms with E-state index in [9.17, 15) is 9.59 Å². The van der Waals surface area contributed by atoms with E-state index in [1.165, 1.54) is 11.3 Å². The van der Waals surface area contributed by atoms with Crippen molar-refractivity contribution in [2.75, 3.05) is 18.5 Å². The lowest BCUT2D eigenvalue weighted by Gasteiger charge is -2.09. The minimum atomic E-state index is -0.250. The van der Waals surface area contributed by atoms with E-state index in [1.807, 2.05) is 26.0 Å². The fourth-order valence-electron chi connectivity index (χ4n) is 2.69. The third-order valence-electron chi connectivity index (χ3n) is 4.04. The molecule has 1 heterocycles. The molecule has 0 bridgehead atoms. The number of nitrogens with one attached hydrogen (secondary N) is 1. The van der Waals surface area contributed by atoms with Crippen molar-refractivity contribution >= 4 is 28.7 Å². The summed E-state index contributed by atoms with van der Waals surface area (Å²) >= 11 is 1.38. The number of hydrogen-bond donors (Lipinski definition) is 1. The molecule has 0 saturated carbocycles. The molecule has 3 aromatic rings. The highest BCUT2D eigenvalue weighted by Gasteiger charge is 2.13. The van der Waals surface area contributed by atoms with Crippen LogP contribution in [0, 0.1) is 6.92 Å². The Bertz CT molecular complexity index is 995. The van der Waals surface area contributed by atoms with Gasteiger partial charge in [0, 0.05) is 18.2 Å². The monoisotopic (exact) mass is 410 g/mol. The van der Waals surface area contributed by atoms with E-state index in [4.69, 9.17) is 9.47 Å². The van der Waals surface area contributed by atoms with Crippen molar-refractivity contribution in [2.24, 2.45) is 0 Å². The molecular formula is C22H22N2O4S. The second-order valence-corrected chi connectivity index (χ2v) is 7.31. The van der Waals surface area contributed by atoms with Crippen LogP contribution in [-0.4, -0.2) is 29.9 Å². The van der Waals surface area contributed by atoms with Crippen molar-refractivity contribution in [3.63, 3.8) is 0 Å². The van der Waals surface area contributed by atoms with Gasteiger partial charge in [0.05, 0.1) is 17.2 Å². The number of rotatable bonds is 8. The predicted molar refractivity (Wildman–Crippen MR) is 114 cm³/mol. The molecule has 1 amide bonds. The number of nitrogens with zero attached hydrogens (tertiary/aromatic N) is 1. The Morgan fingerprint density at radius 2 is 1.62 bits per heavy atom. The number of aromatic nitrogens is 1. The van der Waals surface area contributed by atoms with Crippen LogP contribution in [0.15, 0.2) is 48.5 Å². The zero-order valence-corrected chi connectivity index (χ0v) is 17.3. The molecule has 7 heteroatoms. The van der Waals surface area contributed by atoms with E-state index in [2.05, 4.69) is 10.3 Å². The van der Waals surface area contributed by atoms with E-state index in [0.717, 1.165) is 22.0 Å². The molecule has 0 aliphatic heterocycles. The van der Waals surface area contributed by atoms with Gasteiger partial charge in [-0.1, -0.05) is 0 Å². The van der Waals surface area contributed by atoms with Gasteiger partial charge in [-0.25, -0.2) is 4.98 Å². The topological polar surface area (TPSA) is 77.5 Å². The largest absolute Gasteiger partial charge is 0.494 e. The highest BCUT2D eigenvalue weighted by Crippen LogP contribution is 2.29. The van der Waals surface area contributed by atoms with Crippen LogP contribution in [0.2, 0.25) is 0 Å². The predicted octanol–water partition coefficient (Wildman–Crippen LogP) is 4.74. The fraction of sp³-hybridized carbons (Fsp3) is 0.227. The first kappa shape index (κ1) is 20.5. The van der Waals surface area contributed by atoms with Gasteiger partial charge in [-0.15, -0.1) is 11.3 Å². The van der Waals surface area contributed by atoms with E-state index in [0.29, 0.717) is 22.9 Å². The van der Waals surface area contributed by atoms with Crippen LogP contribution in [0.5, 0.6) is 11.5 Å². The number of Topliss-reactive ketones (excluding diaryl/α,β-unsaturated/α-hetero) is 1. The molecule has 1 aromatic heterocycles. The summed E-state index contributed by atoms with van der Waals surface area (Å²) in [6, 6.07) is 14.5. The summed E-state index contributed by atoms with van der Waals surface area (Å²) in [6.07, 6.45) is 0. The standard InChI is InChI=1S/C22H22N2O4S/c1-4-27-18-11-7-17(8-12-18)24-20(26)13-28-19-9-5-16(6-10-19)22-23-14(2)21(29-22)15(3)25/h5-12H,4,13H2,1-3H3,(H,24,26). The lowest BCUT2D eigenvalue weighted by atomic mass is 10.2. The van der Waals surface area contributed by atoms with Gasteiger partial charge in [0.1, 0.15) is 16.5 Å². The van der Waals surface area contributed by atoms with Gasteiger partial charge in [0.25, 0.3) is 5.91 Å². The van der Waals surface area contributed by atoms with Crippen molar-refractivity contribution < 1.29 is 19.1 Å². The zero-order valence-electron chi connectivity index (χ0n) is 16.5. The number of ketones is 1. The number of ether oxygens (including phenoxy) is 2. The number of anilines is 1. The molecule has 0 spiro atoms. The fourth-order valence-corrected chi connectivity index (χ4v) is 3.65. The number of carbonyl (C=O) groups is 2. The normalized spacial score (nSPS) is 10.4. The summed E-state index contributed by atoms with van der Waals surface area (Å²) in [6.45, 7) is 5.79. The lowest BCUT2D eigenvalue weighted by Crippen LogP contribution is -2.20. The van der Waals surface area contributed by atoms with E-state index in [1.54, 1.807) is 43.3 Å². The Balaban J connectivity index is 1.55. The molecule has 0 aliphatic rings. The van der Waals surface area contributed by atoms with Crippen molar-refractivity contribution in [1.29, 1.82) is 0 Å². The van der Waals surface area contributed by atoms with Crippen molar-refractivity contribution in [1.82, 2.24) is 4.98 Å². The molecule has 1 N–H and O–H groups in total. The molecule has 0 saturated heterocycles. The summed E-state index contributed by atoms with van der Waals surface area (Å²) in [4.78, 5) is 28.8. The number of amides is 1. The van der Waals surface area contributed by atoms with Crippen LogP contribution in [0.25, 0.3) is 10.6 Å². The number of carbonyl (C=O) groups excluding carboxylic acids is 2. The van der Waals surface area contributed by atoms with Crippen LogP contribution in [0.1, 0.15) is 29.2 Å². The van der Waals surface area contributed by atoms with Crippen molar-refractivity contribution in [3.05, 3.63) is 59.1 Å². The Morgan fingerprint density at radius 1 is 1.00 bits per heavy atom. The maximum absolute atomic E-state index is 12.1. The SMILES string of the molecule is CCOc1ccc(NC(=O)COc2ccc(-c3nc(C)c(C(C)=O)s3)cc2)cc1. The molecule has 29 heavy (non-hydrogen) atoms. The van der Waals surface area contributed by atoms with Gasteiger partial charge in [-0.3, -0.25) is 9.59 Å². The Kier molecular flexibility index (Phi) is 6.61. The summed E-state index contributed by atoms with van der Waals surface area (Å²) < 4.78 is 10.9. The maximum Gasteiger partial charge on any atom is 0.262 e. The summed E-state index contributed by atoms with van der Waals surface area (Å²) in [5, 5.41) is 3.56. The minimum Gasteiger partial charge on any atom is -0.494 e. The summed E-state index contributed by atoms with van der Waals surface area (Å²) in [5.41, 5.74) is 2.32. The third kappa shape index (κ3) is 5.42. The highest BCUT2D eigenvalue weighted by atomic mass is 32.1. The highest BCUT2D eigenvalue weighted by molar-refractivity contribution is 7.17. The molecule has 150 valence electrons. The van der Waals surface area contributed by atoms with Gasteiger partial charge in [-0.05, 0) is 62.4 Å². The molecular weight excluding hydrogens is 388 g/mol. The van der Waals surface area contributed by atoms with E-state index < -0.39 is 0 Å². The Labute approximate surface area is 173 Å². The van der Waals surface area contributed by atoms with Crippen molar-refractivity contribution in [3.8, 4) is 22.1 Å². The molecule has 2 aromatic carbocycles. The zero-order chi connectivity index (χ0) is 20.8. The third-order valence-corrected chi connectivity index (χ3v) is 5.34. The summed E-state index contributed by atoms with van der Waals surface area (Å²) in [5.74, 6) is 1.10. The van der Waals surface area contributed by atoms with E-state index >= 15 is 0 Å². The number of hydrogen-bond acceptors (Lipinski definition) is 6. The Morgan fingerprint density at radius 3 is 2.21 bits per heavy atom. The number of benzene rings is 2. The van der Waals surface area contributed by atoms with E-state index in [-0.39, 0.29) is 18.3 Å². The van der Waals surface area contributed by atoms with Gasteiger partial charge in [-0.2, -0.15) is 0 Å². The quantitative estimate of drug-likeness (QED) is 0.543. The Hall–Kier alpha value is -3.19. The summed E-state index contributed by atoms with van der Waals surface area (Å²) in [7, 11) is 0. The van der Waals surface area contributed by atoms with Gasteiger partial charge in [0.15, 0.2) is 12.4 Å². The average molecular weight is 410 g/mol. The minimum absolute atomic E-state index is 0.0183. The molecule has 6 nitrogen and oxygen atoms in total. The van der Waals surface area contributed by atoms with Gasteiger partial charge in [0.2, 0.25) is 0 Å². The maximum atomic E-state index is 12.1. The molecule has 0 aliphatic carbocycles. The smallest absolute Gasteiger partial charge is 0.262 e. The van der Waals surface area contributed by atoms with Crippen LogP contribution in [-0.2, 0) is 4.79 Å². The number of thiazole rings is 1. The molecule has 3 rings (SSSR count). The number of aryl methyl sites for hydroxylation is 1. The second-order valence-electron chi connectivity index (χ2n) is 6.31. The first-order valence-electron chi connectivity index (χ1n) is 9.20. The van der Waals surface area contributed by atoms with Gasteiger partial charge >= 0.3 is 0 Å². The van der Waals surface area contributed by atoms with Crippen LogP contribution < -0.4 is 14.8 Å².